The number of nitrogens with one attached hydrogen (secondary N) is 3. The van der Waals surface area contributed by atoms with Crippen molar-refractivity contribution in [2.45, 2.75) is 18.9 Å². The third-order valence-electron chi connectivity index (χ3n) is 3.84. The molecule has 0 aromatic heterocycles. The topological polar surface area (TPSA) is 108 Å². The van der Waals surface area contributed by atoms with Gasteiger partial charge in [0.05, 0.1) is 6.26 Å². The molecule has 0 saturated carbocycles. The number of rotatable bonds is 6. The lowest BCUT2D eigenvalue weighted by molar-refractivity contribution is 0.0697. The van der Waals surface area contributed by atoms with Gasteiger partial charge in [-0.2, -0.15) is 0 Å². The first-order valence-electron chi connectivity index (χ1n) is 8.18. The molecular formula is C16H24N4O4S. The Bertz CT molecular complexity index is 693. The van der Waals surface area contributed by atoms with Gasteiger partial charge in [-0.05, 0) is 25.0 Å². The lowest BCUT2D eigenvalue weighted by atomic mass is 10.0. The van der Waals surface area contributed by atoms with E-state index in [2.05, 4.69) is 15.4 Å². The Labute approximate surface area is 148 Å². The summed E-state index contributed by atoms with van der Waals surface area (Å²) >= 11 is 0. The molecule has 0 aliphatic carbocycles. The second kappa shape index (κ2) is 8.82. The third-order valence-corrected chi connectivity index (χ3v) is 4.57. The summed E-state index contributed by atoms with van der Waals surface area (Å²) in [6.07, 6.45) is 2.68. The van der Waals surface area contributed by atoms with Crippen molar-refractivity contribution < 1.29 is 18.0 Å². The first-order valence-corrected chi connectivity index (χ1v) is 10.1. The Morgan fingerprint density at radius 3 is 2.60 bits per heavy atom. The molecule has 8 nitrogen and oxygen atoms in total. The van der Waals surface area contributed by atoms with Crippen LogP contribution in [-0.2, 0) is 10.0 Å². The number of carbonyl (C=O) groups is 2. The molecule has 138 valence electrons. The monoisotopic (exact) mass is 368 g/mol. The van der Waals surface area contributed by atoms with Crippen molar-refractivity contribution in [1.29, 1.82) is 0 Å². The largest absolute Gasteiger partial charge is 0.337 e. The fourth-order valence-corrected chi connectivity index (χ4v) is 3.16. The van der Waals surface area contributed by atoms with E-state index in [-0.39, 0.29) is 31.1 Å². The predicted octanol–water partition coefficient (Wildman–Crippen LogP) is 0.140. The van der Waals surface area contributed by atoms with Crippen LogP contribution in [0.15, 0.2) is 30.3 Å². The molecule has 25 heavy (non-hydrogen) atoms. The Morgan fingerprint density at radius 1 is 1.20 bits per heavy atom. The smallest absolute Gasteiger partial charge is 0.315 e. The summed E-state index contributed by atoms with van der Waals surface area (Å²) in [5.74, 6) is -0.0372. The zero-order valence-electron chi connectivity index (χ0n) is 14.2. The molecule has 1 aromatic rings. The van der Waals surface area contributed by atoms with E-state index in [4.69, 9.17) is 0 Å². The van der Waals surface area contributed by atoms with Gasteiger partial charge in [-0.25, -0.2) is 17.9 Å². The van der Waals surface area contributed by atoms with E-state index in [0.717, 1.165) is 19.1 Å². The molecule has 0 spiro atoms. The summed E-state index contributed by atoms with van der Waals surface area (Å²) in [4.78, 5) is 26.1. The van der Waals surface area contributed by atoms with Crippen LogP contribution >= 0.6 is 0 Å². The average molecular weight is 368 g/mol. The van der Waals surface area contributed by atoms with Crippen LogP contribution in [0.3, 0.4) is 0 Å². The lowest BCUT2D eigenvalue weighted by Gasteiger charge is -2.33. The molecule has 2 rings (SSSR count). The minimum Gasteiger partial charge on any atom is -0.337 e. The van der Waals surface area contributed by atoms with E-state index < -0.39 is 10.0 Å². The van der Waals surface area contributed by atoms with Crippen LogP contribution in [-0.4, -0.2) is 63.7 Å². The summed E-state index contributed by atoms with van der Waals surface area (Å²) in [7, 11) is -3.26. The van der Waals surface area contributed by atoms with Gasteiger partial charge in [0.2, 0.25) is 10.0 Å². The first-order chi connectivity index (χ1) is 11.8. The number of carbonyl (C=O) groups excluding carboxylic acids is 2. The van der Waals surface area contributed by atoms with E-state index in [9.17, 15) is 18.0 Å². The minimum atomic E-state index is -3.26. The molecule has 1 heterocycles. The van der Waals surface area contributed by atoms with Crippen molar-refractivity contribution in [2.24, 2.45) is 0 Å². The SMILES string of the molecule is CS(=O)(=O)NCCNC(=O)NC1CCCN(C(=O)c2ccccc2)C1. The van der Waals surface area contributed by atoms with Gasteiger partial charge >= 0.3 is 6.03 Å². The maximum atomic E-state index is 12.5. The average Bonchev–Trinajstić information content (AvgIpc) is 2.58. The van der Waals surface area contributed by atoms with Gasteiger partial charge in [-0.3, -0.25) is 4.79 Å². The number of piperidine rings is 1. The number of hydrogen-bond acceptors (Lipinski definition) is 4. The fourth-order valence-electron chi connectivity index (χ4n) is 2.69. The third kappa shape index (κ3) is 6.71. The van der Waals surface area contributed by atoms with Gasteiger partial charge in [-0.1, -0.05) is 18.2 Å². The molecule has 1 saturated heterocycles. The Kier molecular flexibility index (Phi) is 6.77. The fraction of sp³-hybridized carbons (Fsp3) is 0.500. The van der Waals surface area contributed by atoms with Crippen molar-refractivity contribution in [2.75, 3.05) is 32.4 Å². The molecule has 1 aromatic carbocycles. The molecule has 0 radical (unpaired) electrons. The quantitative estimate of drug-likeness (QED) is 0.621. The van der Waals surface area contributed by atoms with E-state index >= 15 is 0 Å². The second-order valence-electron chi connectivity index (χ2n) is 6.02. The minimum absolute atomic E-state index is 0.0372. The Hall–Kier alpha value is -2.13. The molecule has 1 fully saturated rings. The van der Waals surface area contributed by atoms with Crippen LogP contribution in [0.5, 0.6) is 0 Å². The number of nitrogens with zero attached hydrogens (tertiary/aromatic N) is 1. The summed E-state index contributed by atoms with van der Waals surface area (Å²) < 4.78 is 24.2. The van der Waals surface area contributed by atoms with Crippen molar-refractivity contribution in [3.05, 3.63) is 35.9 Å². The first kappa shape index (κ1) is 19.2. The van der Waals surface area contributed by atoms with Crippen molar-refractivity contribution in [3.63, 3.8) is 0 Å². The Balaban J connectivity index is 1.77. The van der Waals surface area contributed by atoms with E-state index in [0.29, 0.717) is 18.7 Å². The number of likely N-dealkylation sites (tertiary alicyclic amines) is 1. The summed E-state index contributed by atoms with van der Waals surface area (Å²) in [6, 6.07) is 8.58. The van der Waals surface area contributed by atoms with Crippen molar-refractivity contribution in [1.82, 2.24) is 20.3 Å². The standard InChI is InChI=1S/C16H24N4O4S/c1-25(23,24)18-10-9-17-16(22)19-14-8-5-11-20(12-14)15(21)13-6-3-2-4-7-13/h2-4,6-7,14,18H,5,8-12H2,1H3,(H2,17,19,22). The van der Waals surface area contributed by atoms with Gasteiger partial charge in [-0.15, -0.1) is 0 Å². The normalized spacial score (nSPS) is 17.8. The Morgan fingerprint density at radius 2 is 1.92 bits per heavy atom. The highest BCUT2D eigenvalue weighted by Gasteiger charge is 2.25. The van der Waals surface area contributed by atoms with Crippen LogP contribution in [0, 0.1) is 0 Å². The highest BCUT2D eigenvalue weighted by molar-refractivity contribution is 7.88. The highest BCUT2D eigenvalue weighted by atomic mass is 32.2. The van der Waals surface area contributed by atoms with Crippen LogP contribution in [0.1, 0.15) is 23.2 Å². The van der Waals surface area contributed by atoms with Crippen LogP contribution in [0.2, 0.25) is 0 Å². The van der Waals surface area contributed by atoms with E-state index in [1.54, 1.807) is 17.0 Å². The van der Waals surface area contributed by atoms with Crippen LogP contribution in [0.25, 0.3) is 0 Å². The zero-order chi connectivity index (χ0) is 18.3. The van der Waals surface area contributed by atoms with Gasteiger partial charge in [0.1, 0.15) is 0 Å². The molecule has 3 N–H and O–H groups in total. The van der Waals surface area contributed by atoms with Gasteiger partial charge in [0.25, 0.3) is 5.91 Å². The van der Waals surface area contributed by atoms with E-state index in [1.165, 1.54) is 0 Å². The molecule has 1 aliphatic heterocycles. The molecular weight excluding hydrogens is 344 g/mol. The maximum Gasteiger partial charge on any atom is 0.315 e. The van der Waals surface area contributed by atoms with Crippen molar-refractivity contribution >= 4 is 22.0 Å². The van der Waals surface area contributed by atoms with Crippen LogP contribution < -0.4 is 15.4 Å². The maximum absolute atomic E-state index is 12.5. The van der Waals surface area contributed by atoms with Gasteiger partial charge in [0, 0.05) is 37.8 Å². The number of urea groups is 1. The molecule has 9 heteroatoms. The molecule has 1 atom stereocenters. The number of sulfonamides is 1. The summed E-state index contributed by atoms with van der Waals surface area (Å²) in [6.45, 7) is 1.46. The molecule has 1 unspecified atom stereocenters. The zero-order valence-corrected chi connectivity index (χ0v) is 15.0. The predicted molar refractivity (Wildman–Crippen MR) is 94.7 cm³/mol. The highest BCUT2D eigenvalue weighted by Crippen LogP contribution is 2.13. The van der Waals surface area contributed by atoms with Gasteiger partial charge < -0.3 is 15.5 Å². The lowest BCUT2D eigenvalue weighted by Crippen LogP contribution is -2.52. The van der Waals surface area contributed by atoms with Crippen LogP contribution in [0.4, 0.5) is 4.79 Å². The summed E-state index contributed by atoms with van der Waals surface area (Å²) in [5.41, 5.74) is 0.638. The number of amides is 3. The number of benzene rings is 1. The van der Waals surface area contributed by atoms with Crippen molar-refractivity contribution in [3.8, 4) is 0 Å². The molecule has 0 bridgehead atoms. The molecule has 3 amide bonds. The van der Waals surface area contributed by atoms with Gasteiger partial charge in [0.15, 0.2) is 0 Å². The second-order valence-corrected chi connectivity index (χ2v) is 7.86. The summed E-state index contributed by atoms with van der Waals surface area (Å²) in [5, 5.41) is 5.43. The number of hydrogen-bond donors (Lipinski definition) is 3. The molecule has 1 aliphatic rings. The van der Waals surface area contributed by atoms with E-state index in [1.807, 2.05) is 18.2 Å².